The van der Waals surface area contributed by atoms with Crippen LogP contribution >= 0.6 is 0 Å². The normalized spacial score (nSPS) is 11.7. The van der Waals surface area contributed by atoms with E-state index in [2.05, 4.69) is 130 Å². The zero-order chi connectivity index (χ0) is 38.9. The Balaban J connectivity index is 1.18. The minimum absolute atomic E-state index is 0.478. The summed E-state index contributed by atoms with van der Waals surface area (Å²) in [6, 6.07) is 67.2. The molecule has 4 aromatic heterocycles. The minimum Gasteiger partial charge on any atom is -0.422 e. The Kier molecular flexibility index (Phi) is 7.40. The van der Waals surface area contributed by atoms with Crippen LogP contribution in [0.1, 0.15) is 0 Å². The number of nitrogens with zero attached hydrogens (tertiary/aromatic N) is 6. The number of oxazole rings is 1. The fourth-order valence-electron chi connectivity index (χ4n) is 8.64. The van der Waals surface area contributed by atoms with Crippen LogP contribution < -0.4 is 0 Å². The van der Waals surface area contributed by atoms with Crippen LogP contribution in [0.15, 0.2) is 199 Å². The van der Waals surface area contributed by atoms with Gasteiger partial charge < -0.3 is 4.42 Å². The van der Waals surface area contributed by atoms with Crippen molar-refractivity contribution in [2.45, 2.75) is 0 Å². The maximum absolute atomic E-state index is 7.03. The van der Waals surface area contributed by atoms with E-state index in [9.17, 15) is 0 Å². The van der Waals surface area contributed by atoms with Gasteiger partial charge in [-0.3, -0.25) is 9.13 Å². The Hall–Kier alpha value is -8.16. The minimum atomic E-state index is 0.478. The molecule has 4 heterocycles. The van der Waals surface area contributed by atoms with Gasteiger partial charge >= 0.3 is 6.01 Å². The van der Waals surface area contributed by atoms with Gasteiger partial charge in [0.2, 0.25) is 5.95 Å². The summed E-state index contributed by atoms with van der Waals surface area (Å²) in [6.07, 6.45) is 0. The summed E-state index contributed by atoms with van der Waals surface area (Å²) in [5.74, 6) is 1.70. The molecule has 0 unspecified atom stereocenters. The zero-order valence-corrected chi connectivity index (χ0v) is 31.6. The van der Waals surface area contributed by atoms with Crippen molar-refractivity contribution in [2.75, 3.05) is 0 Å². The Morgan fingerprint density at radius 2 is 0.831 bits per heavy atom. The van der Waals surface area contributed by atoms with E-state index in [1.165, 1.54) is 0 Å². The highest BCUT2D eigenvalue weighted by molar-refractivity contribution is 6.23. The maximum atomic E-state index is 7.03. The molecule has 0 saturated carbocycles. The molecular weight excluding hydrogens is 725 g/mol. The van der Waals surface area contributed by atoms with E-state index in [-0.39, 0.29) is 0 Å². The maximum Gasteiger partial charge on any atom is 0.307 e. The van der Waals surface area contributed by atoms with E-state index in [1.807, 2.05) is 72.8 Å². The molecule has 0 amide bonds. The second kappa shape index (κ2) is 13.2. The van der Waals surface area contributed by atoms with E-state index in [0.717, 1.165) is 88.1 Å². The van der Waals surface area contributed by atoms with Crippen LogP contribution in [0.2, 0.25) is 0 Å². The van der Waals surface area contributed by atoms with Crippen molar-refractivity contribution in [3.63, 3.8) is 0 Å². The summed E-state index contributed by atoms with van der Waals surface area (Å²) < 4.78 is 11.4. The molecule has 0 aliphatic carbocycles. The van der Waals surface area contributed by atoms with Gasteiger partial charge in [0.05, 0.1) is 22.1 Å². The van der Waals surface area contributed by atoms with Crippen molar-refractivity contribution in [3.05, 3.63) is 194 Å². The predicted octanol–water partition coefficient (Wildman–Crippen LogP) is 12.9. The Morgan fingerprint density at radius 1 is 0.339 bits per heavy atom. The number of aromatic nitrogens is 6. The third-order valence-corrected chi connectivity index (χ3v) is 11.3. The van der Waals surface area contributed by atoms with Crippen LogP contribution in [0.4, 0.5) is 0 Å². The quantitative estimate of drug-likeness (QED) is 0.169. The smallest absolute Gasteiger partial charge is 0.307 e. The van der Waals surface area contributed by atoms with Gasteiger partial charge in [0.25, 0.3) is 0 Å². The molecule has 0 aliphatic heterocycles. The lowest BCUT2D eigenvalue weighted by atomic mass is 9.94. The highest BCUT2D eigenvalue weighted by Crippen LogP contribution is 2.43. The molecule has 0 aliphatic rings. The van der Waals surface area contributed by atoms with Crippen LogP contribution in [-0.4, -0.2) is 29.1 Å². The lowest BCUT2D eigenvalue weighted by Crippen LogP contribution is -2.07. The predicted molar refractivity (Wildman–Crippen MR) is 238 cm³/mol. The molecule has 59 heavy (non-hydrogen) atoms. The first-order chi connectivity index (χ1) is 29.3. The van der Waals surface area contributed by atoms with Crippen molar-refractivity contribution in [2.24, 2.45) is 0 Å². The number of benzene rings is 8. The van der Waals surface area contributed by atoms with Crippen LogP contribution in [0.3, 0.4) is 0 Å². The Morgan fingerprint density at radius 3 is 1.46 bits per heavy atom. The van der Waals surface area contributed by atoms with Crippen molar-refractivity contribution in [3.8, 4) is 57.0 Å². The van der Waals surface area contributed by atoms with Gasteiger partial charge in [-0.25, -0.2) is 4.98 Å². The second-order valence-corrected chi connectivity index (χ2v) is 14.6. The number of para-hydroxylation sites is 3. The van der Waals surface area contributed by atoms with E-state index in [1.54, 1.807) is 0 Å². The van der Waals surface area contributed by atoms with Gasteiger partial charge in [-0.15, -0.1) is 0 Å². The lowest BCUT2D eigenvalue weighted by molar-refractivity contribution is 0.575. The molecule has 7 heteroatoms. The van der Waals surface area contributed by atoms with Crippen molar-refractivity contribution < 1.29 is 4.42 Å². The molecule has 7 nitrogen and oxygen atoms in total. The second-order valence-electron chi connectivity index (χ2n) is 14.6. The van der Waals surface area contributed by atoms with Gasteiger partial charge in [0.15, 0.2) is 17.2 Å². The van der Waals surface area contributed by atoms with E-state index in [0.29, 0.717) is 23.6 Å². The molecule has 12 rings (SSSR count). The monoisotopic (exact) mass is 756 g/mol. The van der Waals surface area contributed by atoms with Crippen LogP contribution in [0.5, 0.6) is 0 Å². The number of hydrogen-bond acceptors (Lipinski definition) is 5. The summed E-state index contributed by atoms with van der Waals surface area (Å²) in [4.78, 5) is 20.8. The van der Waals surface area contributed by atoms with E-state index >= 15 is 0 Å². The molecule has 0 N–H and O–H groups in total. The third-order valence-electron chi connectivity index (χ3n) is 11.3. The first-order valence-corrected chi connectivity index (χ1v) is 19.7. The standard InChI is InChI=1S/C52H32N6O/c1-4-17-33(18-5-1)36-23-10-11-24-37(36)42-27-16-28-43-48(42)59-52(53-43)58-45-30-15-13-26-39(45)41-32-31-40-38-25-12-14-29-44(38)57(46(40)47(41)58)51-55-49(34-19-6-2-7-20-34)54-50(56-51)35-21-8-3-9-22-35/h1-32H. The number of rotatable bonds is 6. The third kappa shape index (κ3) is 5.22. The average Bonchev–Trinajstić information content (AvgIpc) is 4.00. The molecule has 0 spiro atoms. The van der Waals surface area contributed by atoms with E-state index in [4.69, 9.17) is 24.4 Å². The van der Waals surface area contributed by atoms with Gasteiger partial charge in [-0.05, 0) is 34.9 Å². The molecule has 0 bridgehead atoms. The van der Waals surface area contributed by atoms with Crippen molar-refractivity contribution >= 4 is 54.7 Å². The molecule has 0 saturated heterocycles. The topological polar surface area (TPSA) is 74.6 Å². The van der Waals surface area contributed by atoms with Gasteiger partial charge in [0, 0.05) is 38.2 Å². The highest BCUT2D eigenvalue weighted by Gasteiger charge is 2.25. The van der Waals surface area contributed by atoms with Crippen LogP contribution in [0.25, 0.3) is 112 Å². The largest absolute Gasteiger partial charge is 0.422 e. The van der Waals surface area contributed by atoms with Crippen molar-refractivity contribution in [1.82, 2.24) is 29.1 Å². The Bertz CT molecular complexity index is 3490. The first-order valence-electron chi connectivity index (χ1n) is 19.7. The average molecular weight is 757 g/mol. The SMILES string of the molecule is c1ccc(-c2nc(-c3ccccc3)nc(-n3c4ccccc4c4ccc5c6ccccc6n(-c6nc7cccc(-c8ccccc8-c8ccccc8)c7o6)c5c43)n2)cc1. The molecule has 12 aromatic rings. The lowest BCUT2D eigenvalue weighted by Gasteiger charge is -2.12. The van der Waals surface area contributed by atoms with Crippen LogP contribution in [-0.2, 0) is 0 Å². The number of hydrogen-bond donors (Lipinski definition) is 0. The van der Waals surface area contributed by atoms with Gasteiger partial charge in [-0.1, -0.05) is 176 Å². The summed E-state index contributed by atoms with van der Waals surface area (Å²) in [7, 11) is 0. The van der Waals surface area contributed by atoms with Crippen LogP contribution in [0, 0.1) is 0 Å². The summed E-state index contributed by atoms with van der Waals surface area (Å²) in [5, 5.41) is 4.30. The van der Waals surface area contributed by atoms with E-state index < -0.39 is 0 Å². The zero-order valence-electron chi connectivity index (χ0n) is 31.6. The number of fused-ring (bicyclic) bond motifs is 8. The summed E-state index contributed by atoms with van der Waals surface area (Å²) >= 11 is 0. The fraction of sp³-hybridized carbons (Fsp3) is 0. The summed E-state index contributed by atoms with van der Waals surface area (Å²) in [6.45, 7) is 0. The first kappa shape index (κ1) is 33.0. The summed E-state index contributed by atoms with van der Waals surface area (Å²) in [5.41, 5.74) is 11.5. The molecule has 0 fully saturated rings. The van der Waals surface area contributed by atoms with Crippen molar-refractivity contribution in [1.29, 1.82) is 0 Å². The molecule has 276 valence electrons. The Labute approximate surface area is 338 Å². The molecule has 0 atom stereocenters. The molecule has 0 radical (unpaired) electrons. The molecular formula is C52H32N6O. The fourth-order valence-corrected chi connectivity index (χ4v) is 8.64. The molecule has 8 aromatic carbocycles. The highest BCUT2D eigenvalue weighted by atomic mass is 16.4. The van der Waals surface area contributed by atoms with Gasteiger partial charge in [0.1, 0.15) is 5.52 Å². The van der Waals surface area contributed by atoms with Gasteiger partial charge in [-0.2, -0.15) is 15.0 Å².